The first kappa shape index (κ1) is 16.3. The average Bonchev–Trinajstić information content (AvgIpc) is 2.59. The van der Waals surface area contributed by atoms with Gasteiger partial charge in [0.15, 0.2) is 0 Å². The van der Waals surface area contributed by atoms with Crippen LogP contribution in [-0.4, -0.2) is 24.4 Å². The lowest BCUT2D eigenvalue weighted by molar-refractivity contribution is 0.115. The lowest BCUT2D eigenvalue weighted by Gasteiger charge is -2.15. The molecule has 2 aromatic rings. The summed E-state index contributed by atoms with van der Waals surface area (Å²) in [5.41, 5.74) is 1.64. The summed E-state index contributed by atoms with van der Waals surface area (Å²) in [5.74, 6) is 1.52. The van der Waals surface area contributed by atoms with Crippen molar-refractivity contribution < 1.29 is 19.7 Å². The van der Waals surface area contributed by atoms with Crippen molar-refractivity contribution >= 4 is 0 Å². The summed E-state index contributed by atoms with van der Waals surface area (Å²) in [5, 5.41) is 20.4. The molecule has 0 unspecified atom stereocenters. The molecule has 4 nitrogen and oxygen atoms in total. The number of aliphatic hydroxyl groups is 2. The zero-order valence-electron chi connectivity index (χ0n) is 12.9. The smallest absolute Gasteiger partial charge is 0.118 e. The first-order valence-electron chi connectivity index (χ1n) is 7.28. The molecule has 0 heterocycles. The van der Waals surface area contributed by atoms with E-state index in [9.17, 15) is 10.2 Å². The Kier molecular flexibility index (Phi) is 5.81. The van der Waals surface area contributed by atoms with Crippen LogP contribution in [0.25, 0.3) is 0 Å². The highest BCUT2D eigenvalue weighted by atomic mass is 16.5. The van der Waals surface area contributed by atoms with Crippen molar-refractivity contribution in [3.05, 3.63) is 59.7 Å². The maximum absolute atomic E-state index is 10.2. The third kappa shape index (κ3) is 4.23. The molecule has 0 aromatic heterocycles. The Bertz CT molecular complexity index is 509. The Balaban J connectivity index is 1.89. The van der Waals surface area contributed by atoms with Gasteiger partial charge in [0, 0.05) is 0 Å². The minimum absolute atomic E-state index is 0.486. The van der Waals surface area contributed by atoms with E-state index >= 15 is 0 Å². The van der Waals surface area contributed by atoms with Crippen molar-refractivity contribution in [1.29, 1.82) is 0 Å². The Morgan fingerprint density at radius 1 is 0.682 bits per heavy atom. The Morgan fingerprint density at radius 2 is 1.00 bits per heavy atom. The van der Waals surface area contributed by atoms with Crippen LogP contribution in [0.3, 0.4) is 0 Å². The summed E-state index contributed by atoms with van der Waals surface area (Å²) in [6.07, 6.45) is -0.225. The van der Waals surface area contributed by atoms with Gasteiger partial charge in [-0.15, -0.1) is 0 Å². The quantitative estimate of drug-likeness (QED) is 0.824. The molecule has 0 amide bonds. The maximum Gasteiger partial charge on any atom is 0.118 e. The fourth-order valence-corrected chi connectivity index (χ4v) is 2.30. The molecule has 0 aliphatic rings. The highest BCUT2D eigenvalue weighted by Crippen LogP contribution is 2.27. The molecule has 2 rings (SSSR count). The van der Waals surface area contributed by atoms with Crippen LogP contribution < -0.4 is 9.47 Å². The van der Waals surface area contributed by atoms with Gasteiger partial charge in [-0.2, -0.15) is 0 Å². The molecule has 0 saturated carbocycles. The molecule has 22 heavy (non-hydrogen) atoms. The van der Waals surface area contributed by atoms with Crippen LogP contribution in [0.5, 0.6) is 11.5 Å². The van der Waals surface area contributed by atoms with Gasteiger partial charge in [0.05, 0.1) is 26.4 Å². The maximum atomic E-state index is 10.2. The van der Waals surface area contributed by atoms with Crippen LogP contribution in [0.15, 0.2) is 48.5 Å². The monoisotopic (exact) mass is 302 g/mol. The SMILES string of the molecule is COc1ccc([C@@H](O)CC[C@H](O)c2ccc(OC)cc2)cc1. The van der Waals surface area contributed by atoms with Crippen molar-refractivity contribution in [2.45, 2.75) is 25.0 Å². The van der Waals surface area contributed by atoms with Gasteiger partial charge in [-0.05, 0) is 48.2 Å². The lowest BCUT2D eigenvalue weighted by atomic mass is 9.99. The molecule has 0 spiro atoms. The fourth-order valence-electron chi connectivity index (χ4n) is 2.30. The van der Waals surface area contributed by atoms with Gasteiger partial charge >= 0.3 is 0 Å². The Hall–Kier alpha value is -2.04. The van der Waals surface area contributed by atoms with Gasteiger partial charge in [0.2, 0.25) is 0 Å². The summed E-state index contributed by atoms with van der Waals surface area (Å²) in [6, 6.07) is 14.6. The van der Waals surface area contributed by atoms with E-state index < -0.39 is 12.2 Å². The molecule has 0 bridgehead atoms. The topological polar surface area (TPSA) is 58.9 Å². The van der Waals surface area contributed by atoms with Gasteiger partial charge < -0.3 is 19.7 Å². The van der Waals surface area contributed by atoms with Gasteiger partial charge in [-0.25, -0.2) is 0 Å². The molecule has 118 valence electrons. The molecule has 2 aromatic carbocycles. The largest absolute Gasteiger partial charge is 0.497 e. The lowest BCUT2D eigenvalue weighted by Crippen LogP contribution is -2.03. The summed E-state index contributed by atoms with van der Waals surface area (Å²) in [6.45, 7) is 0. The molecule has 4 heteroatoms. The van der Waals surface area contributed by atoms with Gasteiger partial charge in [-0.1, -0.05) is 24.3 Å². The minimum atomic E-state index is -0.598. The second-order valence-electron chi connectivity index (χ2n) is 5.16. The highest BCUT2D eigenvalue weighted by molar-refractivity contribution is 5.29. The summed E-state index contributed by atoms with van der Waals surface area (Å²) >= 11 is 0. The number of hydrogen-bond acceptors (Lipinski definition) is 4. The number of benzene rings is 2. The van der Waals surface area contributed by atoms with Crippen LogP contribution in [0, 0.1) is 0 Å². The Labute approximate surface area is 130 Å². The second kappa shape index (κ2) is 7.82. The van der Waals surface area contributed by atoms with Gasteiger partial charge in [0.25, 0.3) is 0 Å². The molecular formula is C18H22O4. The number of rotatable bonds is 7. The zero-order valence-corrected chi connectivity index (χ0v) is 12.9. The van der Waals surface area contributed by atoms with Crippen molar-refractivity contribution in [3.63, 3.8) is 0 Å². The highest BCUT2D eigenvalue weighted by Gasteiger charge is 2.13. The Morgan fingerprint density at radius 3 is 1.27 bits per heavy atom. The van der Waals surface area contributed by atoms with Gasteiger partial charge in [0.1, 0.15) is 11.5 Å². The second-order valence-corrected chi connectivity index (χ2v) is 5.16. The molecule has 2 atom stereocenters. The molecule has 0 saturated heterocycles. The molecular weight excluding hydrogens is 280 g/mol. The van der Waals surface area contributed by atoms with Crippen LogP contribution in [0.1, 0.15) is 36.2 Å². The van der Waals surface area contributed by atoms with Crippen molar-refractivity contribution in [2.24, 2.45) is 0 Å². The minimum Gasteiger partial charge on any atom is -0.497 e. The van der Waals surface area contributed by atoms with E-state index in [0.29, 0.717) is 12.8 Å². The normalized spacial score (nSPS) is 13.5. The van der Waals surface area contributed by atoms with E-state index in [1.807, 2.05) is 48.5 Å². The fraction of sp³-hybridized carbons (Fsp3) is 0.333. The van der Waals surface area contributed by atoms with Crippen molar-refractivity contribution in [2.75, 3.05) is 14.2 Å². The predicted octanol–water partition coefficient (Wildman–Crippen LogP) is 3.25. The van der Waals surface area contributed by atoms with Crippen LogP contribution in [-0.2, 0) is 0 Å². The van der Waals surface area contributed by atoms with Crippen LogP contribution in [0.2, 0.25) is 0 Å². The van der Waals surface area contributed by atoms with E-state index in [0.717, 1.165) is 22.6 Å². The summed E-state index contributed by atoms with van der Waals surface area (Å²) in [4.78, 5) is 0. The summed E-state index contributed by atoms with van der Waals surface area (Å²) in [7, 11) is 3.22. The van der Waals surface area contributed by atoms with Gasteiger partial charge in [-0.3, -0.25) is 0 Å². The van der Waals surface area contributed by atoms with Crippen LogP contribution >= 0.6 is 0 Å². The first-order valence-corrected chi connectivity index (χ1v) is 7.28. The predicted molar refractivity (Wildman–Crippen MR) is 85.1 cm³/mol. The van der Waals surface area contributed by atoms with E-state index in [-0.39, 0.29) is 0 Å². The number of methoxy groups -OCH3 is 2. The van der Waals surface area contributed by atoms with E-state index in [4.69, 9.17) is 9.47 Å². The molecule has 0 fully saturated rings. The zero-order chi connectivity index (χ0) is 15.9. The summed E-state index contributed by atoms with van der Waals surface area (Å²) < 4.78 is 10.2. The van der Waals surface area contributed by atoms with Crippen molar-refractivity contribution in [1.82, 2.24) is 0 Å². The standard InChI is InChI=1S/C18H22O4/c1-21-15-7-3-13(4-8-15)17(19)11-12-18(20)14-5-9-16(22-2)10-6-14/h3-10,17-20H,11-12H2,1-2H3/t17-,18-/m0/s1. The number of aliphatic hydroxyl groups excluding tert-OH is 2. The van der Waals surface area contributed by atoms with Crippen LogP contribution in [0.4, 0.5) is 0 Å². The number of ether oxygens (including phenoxy) is 2. The molecule has 0 aliphatic carbocycles. The average molecular weight is 302 g/mol. The molecule has 0 radical (unpaired) electrons. The third-order valence-corrected chi connectivity index (χ3v) is 3.71. The molecule has 0 aliphatic heterocycles. The number of hydrogen-bond donors (Lipinski definition) is 2. The van der Waals surface area contributed by atoms with E-state index in [2.05, 4.69) is 0 Å². The first-order chi connectivity index (χ1) is 10.6. The van der Waals surface area contributed by atoms with E-state index in [1.54, 1.807) is 14.2 Å². The van der Waals surface area contributed by atoms with Crippen molar-refractivity contribution in [3.8, 4) is 11.5 Å². The van der Waals surface area contributed by atoms with E-state index in [1.165, 1.54) is 0 Å². The third-order valence-electron chi connectivity index (χ3n) is 3.71. The molecule has 2 N–H and O–H groups in total.